The first kappa shape index (κ1) is 16.0. The molecule has 0 aliphatic carbocycles. The summed E-state index contributed by atoms with van der Waals surface area (Å²) in [7, 11) is 0. The highest BCUT2D eigenvalue weighted by Gasteiger charge is 1.97. The molecule has 23 heavy (non-hydrogen) atoms. The third kappa shape index (κ3) is 5.08. The van der Waals surface area contributed by atoms with Gasteiger partial charge < -0.3 is 0 Å². The highest BCUT2D eigenvalue weighted by atomic mass is 79.9. The first-order valence-corrected chi connectivity index (χ1v) is 9.14. The molecule has 1 nitrogen and oxygen atoms in total. The molecular formula is C20H16BrNS. The van der Waals surface area contributed by atoms with Crippen molar-refractivity contribution in [1.82, 2.24) is 0 Å². The molecule has 0 aliphatic rings. The number of aliphatic imine (C=N–C) groups is 1. The Morgan fingerprint density at radius 2 is 1.65 bits per heavy atom. The Labute approximate surface area is 149 Å². The summed E-state index contributed by atoms with van der Waals surface area (Å²) in [4.78, 5) is 5.82. The van der Waals surface area contributed by atoms with Crippen LogP contribution in [-0.4, -0.2) is 6.21 Å². The maximum atomic E-state index is 4.52. The third-order valence-electron chi connectivity index (χ3n) is 3.30. The number of benzene rings is 3. The van der Waals surface area contributed by atoms with Gasteiger partial charge in [0.15, 0.2) is 0 Å². The predicted octanol–water partition coefficient (Wildman–Crippen LogP) is 6.49. The van der Waals surface area contributed by atoms with Crippen LogP contribution in [0.25, 0.3) is 0 Å². The predicted molar refractivity (Wildman–Crippen MR) is 104 cm³/mol. The van der Waals surface area contributed by atoms with E-state index < -0.39 is 0 Å². The van der Waals surface area contributed by atoms with Crippen molar-refractivity contribution in [3.8, 4) is 0 Å². The van der Waals surface area contributed by atoms with Crippen LogP contribution >= 0.6 is 27.7 Å². The Bertz CT molecular complexity index is 782. The normalized spacial score (nSPS) is 11.0. The minimum atomic E-state index is 0.971. The lowest BCUT2D eigenvalue weighted by molar-refractivity contribution is 1.37. The summed E-state index contributed by atoms with van der Waals surface area (Å²) < 4.78 is 1.06. The summed E-state index contributed by atoms with van der Waals surface area (Å²) in [6, 6.07) is 27.0. The van der Waals surface area contributed by atoms with E-state index in [1.54, 1.807) is 0 Å². The zero-order chi connectivity index (χ0) is 15.9. The van der Waals surface area contributed by atoms with Crippen LogP contribution < -0.4 is 0 Å². The number of rotatable bonds is 5. The summed E-state index contributed by atoms with van der Waals surface area (Å²) >= 11 is 5.32. The van der Waals surface area contributed by atoms with Gasteiger partial charge in [-0.3, -0.25) is 4.99 Å². The molecule has 0 aromatic heterocycles. The summed E-state index contributed by atoms with van der Waals surface area (Å²) in [6.45, 7) is 0. The fraction of sp³-hybridized carbons (Fsp3) is 0.0500. The van der Waals surface area contributed by atoms with Crippen LogP contribution in [0.4, 0.5) is 5.69 Å². The molecule has 0 spiro atoms. The van der Waals surface area contributed by atoms with Gasteiger partial charge in [0.25, 0.3) is 0 Å². The molecule has 0 aliphatic heterocycles. The Kier molecular flexibility index (Phi) is 5.67. The fourth-order valence-electron chi connectivity index (χ4n) is 2.10. The first-order valence-electron chi connectivity index (χ1n) is 7.36. The Balaban J connectivity index is 1.61. The number of halogens is 1. The van der Waals surface area contributed by atoms with Crippen LogP contribution in [0.15, 0.2) is 93.2 Å². The van der Waals surface area contributed by atoms with Gasteiger partial charge in [-0.2, -0.15) is 0 Å². The Morgan fingerprint density at radius 3 is 2.39 bits per heavy atom. The van der Waals surface area contributed by atoms with Crippen molar-refractivity contribution in [3.63, 3.8) is 0 Å². The zero-order valence-corrected chi connectivity index (χ0v) is 14.9. The van der Waals surface area contributed by atoms with E-state index in [0.717, 1.165) is 21.5 Å². The van der Waals surface area contributed by atoms with E-state index in [2.05, 4.69) is 69.5 Å². The summed E-state index contributed by atoms with van der Waals surface area (Å²) in [5.74, 6) is 0.972. The molecule has 0 heterocycles. The standard InChI is InChI=1S/C20H16BrNS/c21-18-6-4-5-17(13-18)14-22-19-11-9-16(10-12-19)15-23-20-7-2-1-3-8-20/h1-14H,15H2. The van der Waals surface area contributed by atoms with Crippen LogP contribution in [0.5, 0.6) is 0 Å². The molecule has 0 saturated heterocycles. The molecule has 3 aromatic carbocycles. The second-order valence-corrected chi connectivity index (χ2v) is 7.05. The molecule has 3 heteroatoms. The van der Waals surface area contributed by atoms with Crippen molar-refractivity contribution in [1.29, 1.82) is 0 Å². The van der Waals surface area contributed by atoms with E-state index in [1.807, 2.05) is 48.3 Å². The van der Waals surface area contributed by atoms with Gasteiger partial charge in [0.1, 0.15) is 0 Å². The number of hydrogen-bond acceptors (Lipinski definition) is 2. The Morgan fingerprint density at radius 1 is 0.870 bits per heavy atom. The Hall–Kier alpha value is -1.84. The molecule has 0 fully saturated rings. The van der Waals surface area contributed by atoms with E-state index in [0.29, 0.717) is 0 Å². The average Bonchev–Trinajstić information content (AvgIpc) is 2.60. The van der Waals surface area contributed by atoms with Gasteiger partial charge in [-0.05, 0) is 47.5 Å². The van der Waals surface area contributed by atoms with Crippen LogP contribution in [0.1, 0.15) is 11.1 Å². The van der Waals surface area contributed by atoms with Crippen LogP contribution in [-0.2, 0) is 5.75 Å². The van der Waals surface area contributed by atoms with Crippen molar-refractivity contribution in [3.05, 3.63) is 94.5 Å². The van der Waals surface area contributed by atoms with Gasteiger partial charge >= 0.3 is 0 Å². The first-order chi connectivity index (χ1) is 11.3. The second-order valence-electron chi connectivity index (χ2n) is 5.08. The summed E-state index contributed by atoms with van der Waals surface area (Å²) in [5.41, 5.74) is 3.36. The number of thioether (sulfide) groups is 1. The van der Waals surface area contributed by atoms with Crippen molar-refractivity contribution in [2.45, 2.75) is 10.6 Å². The lowest BCUT2D eigenvalue weighted by Crippen LogP contribution is -1.81. The van der Waals surface area contributed by atoms with Gasteiger partial charge in [-0.15, -0.1) is 11.8 Å². The van der Waals surface area contributed by atoms with Crippen LogP contribution in [0, 0.1) is 0 Å². The fourth-order valence-corrected chi connectivity index (χ4v) is 3.39. The maximum absolute atomic E-state index is 4.52. The summed E-state index contributed by atoms with van der Waals surface area (Å²) in [5, 5.41) is 0. The third-order valence-corrected chi connectivity index (χ3v) is 4.87. The average molecular weight is 382 g/mol. The van der Waals surface area contributed by atoms with E-state index in [1.165, 1.54) is 10.5 Å². The van der Waals surface area contributed by atoms with Crippen molar-refractivity contribution in [2.75, 3.05) is 0 Å². The highest BCUT2D eigenvalue weighted by Crippen LogP contribution is 2.23. The van der Waals surface area contributed by atoms with Gasteiger partial charge in [0, 0.05) is 21.3 Å². The molecule has 0 saturated carbocycles. The molecule has 0 atom stereocenters. The lowest BCUT2D eigenvalue weighted by Gasteiger charge is -2.02. The monoisotopic (exact) mass is 381 g/mol. The van der Waals surface area contributed by atoms with E-state index in [4.69, 9.17) is 0 Å². The molecule has 3 aromatic rings. The largest absolute Gasteiger partial charge is 0.256 e. The minimum Gasteiger partial charge on any atom is -0.256 e. The quantitative estimate of drug-likeness (QED) is 0.363. The van der Waals surface area contributed by atoms with Gasteiger partial charge in [0.2, 0.25) is 0 Å². The molecule has 0 N–H and O–H groups in total. The van der Waals surface area contributed by atoms with Crippen molar-refractivity contribution < 1.29 is 0 Å². The van der Waals surface area contributed by atoms with E-state index in [9.17, 15) is 0 Å². The number of hydrogen-bond donors (Lipinski definition) is 0. The van der Waals surface area contributed by atoms with Gasteiger partial charge in [-0.1, -0.05) is 58.4 Å². The molecule has 0 bridgehead atoms. The van der Waals surface area contributed by atoms with Crippen molar-refractivity contribution >= 4 is 39.6 Å². The molecule has 3 rings (SSSR count). The van der Waals surface area contributed by atoms with Crippen molar-refractivity contribution in [2.24, 2.45) is 4.99 Å². The lowest BCUT2D eigenvalue weighted by atomic mass is 10.2. The van der Waals surface area contributed by atoms with E-state index >= 15 is 0 Å². The molecule has 0 amide bonds. The van der Waals surface area contributed by atoms with Gasteiger partial charge in [-0.25, -0.2) is 0 Å². The zero-order valence-electron chi connectivity index (χ0n) is 12.5. The summed E-state index contributed by atoms with van der Waals surface area (Å²) in [6.07, 6.45) is 1.89. The SMILES string of the molecule is Brc1cccc(C=Nc2ccc(CSc3ccccc3)cc2)c1. The molecule has 0 radical (unpaired) electrons. The second kappa shape index (κ2) is 8.14. The number of nitrogens with zero attached hydrogens (tertiary/aromatic N) is 1. The minimum absolute atomic E-state index is 0.971. The molecule has 114 valence electrons. The van der Waals surface area contributed by atoms with E-state index in [-0.39, 0.29) is 0 Å². The maximum Gasteiger partial charge on any atom is 0.0630 e. The van der Waals surface area contributed by atoms with Crippen LogP contribution in [0.2, 0.25) is 0 Å². The molecular weight excluding hydrogens is 366 g/mol. The smallest absolute Gasteiger partial charge is 0.0630 e. The van der Waals surface area contributed by atoms with Crippen LogP contribution in [0.3, 0.4) is 0 Å². The topological polar surface area (TPSA) is 12.4 Å². The highest BCUT2D eigenvalue weighted by molar-refractivity contribution is 9.10. The molecule has 0 unspecified atom stereocenters. The van der Waals surface area contributed by atoms with Gasteiger partial charge in [0.05, 0.1) is 5.69 Å².